The predicted octanol–water partition coefficient (Wildman–Crippen LogP) is 5.89. The zero-order valence-electron chi connectivity index (χ0n) is 18.4. The number of anilines is 3. The van der Waals surface area contributed by atoms with E-state index in [-0.39, 0.29) is 23.9 Å². The Bertz CT molecular complexity index is 1280. The normalized spacial score (nSPS) is 11.5. The molecule has 0 spiro atoms. The maximum atomic E-state index is 13.8. The van der Waals surface area contributed by atoms with Crippen molar-refractivity contribution >= 4 is 39.7 Å². The number of benzene rings is 3. The van der Waals surface area contributed by atoms with Crippen LogP contribution in [0, 0.1) is 5.82 Å². The molecule has 4 aromatic rings. The lowest BCUT2D eigenvalue weighted by atomic mass is 10.1. The number of nitrogens with zero attached hydrogens (tertiary/aromatic N) is 1. The molecule has 6 nitrogen and oxygen atoms in total. The van der Waals surface area contributed by atoms with E-state index in [1.165, 1.54) is 35.1 Å². The minimum Gasteiger partial charge on any atom is -0.379 e. The molecular formula is C26H23FN4O2S. The molecule has 8 heteroatoms. The monoisotopic (exact) mass is 474 g/mol. The average Bonchev–Trinajstić information content (AvgIpc) is 3.27. The molecule has 1 heterocycles. The number of carbonyl (C=O) groups is 2. The number of rotatable bonds is 8. The van der Waals surface area contributed by atoms with Gasteiger partial charge in [-0.25, -0.2) is 9.37 Å². The van der Waals surface area contributed by atoms with Gasteiger partial charge in [0.15, 0.2) is 5.13 Å². The molecule has 3 aromatic carbocycles. The molecule has 1 aromatic heterocycles. The molecule has 0 aliphatic rings. The van der Waals surface area contributed by atoms with E-state index in [0.717, 1.165) is 5.69 Å². The van der Waals surface area contributed by atoms with Crippen molar-refractivity contribution in [1.29, 1.82) is 0 Å². The summed E-state index contributed by atoms with van der Waals surface area (Å²) in [6, 6.07) is 23.5. The Hall–Kier alpha value is -4.04. The van der Waals surface area contributed by atoms with E-state index in [2.05, 4.69) is 40.0 Å². The highest BCUT2D eigenvalue weighted by molar-refractivity contribution is 7.14. The molecule has 4 rings (SSSR count). The first kappa shape index (κ1) is 23.1. The molecule has 172 valence electrons. The fourth-order valence-electron chi connectivity index (χ4n) is 3.35. The molecule has 0 fully saturated rings. The van der Waals surface area contributed by atoms with Crippen molar-refractivity contribution in [3.63, 3.8) is 0 Å². The van der Waals surface area contributed by atoms with E-state index in [0.29, 0.717) is 16.5 Å². The lowest BCUT2D eigenvalue weighted by Crippen LogP contribution is -2.15. The summed E-state index contributed by atoms with van der Waals surface area (Å²) in [5.41, 5.74) is 3.26. The first-order chi connectivity index (χ1) is 16.5. The van der Waals surface area contributed by atoms with E-state index in [1.807, 2.05) is 42.5 Å². The summed E-state index contributed by atoms with van der Waals surface area (Å²) >= 11 is 1.18. The minimum absolute atomic E-state index is 0.0527. The number of nitrogens with one attached hydrogen (secondary N) is 3. The smallest absolute Gasteiger partial charge is 0.260 e. The van der Waals surface area contributed by atoms with Crippen LogP contribution in [0.25, 0.3) is 0 Å². The number of hydrogen-bond acceptors (Lipinski definition) is 5. The van der Waals surface area contributed by atoms with Crippen LogP contribution in [0.3, 0.4) is 0 Å². The Labute approximate surface area is 200 Å². The van der Waals surface area contributed by atoms with E-state index in [9.17, 15) is 14.0 Å². The van der Waals surface area contributed by atoms with Crippen molar-refractivity contribution in [1.82, 2.24) is 4.98 Å². The molecular weight excluding hydrogens is 451 g/mol. The van der Waals surface area contributed by atoms with E-state index >= 15 is 0 Å². The first-order valence-electron chi connectivity index (χ1n) is 10.7. The molecule has 1 unspecified atom stereocenters. The molecule has 0 aliphatic heterocycles. The van der Waals surface area contributed by atoms with Gasteiger partial charge in [0.25, 0.3) is 5.91 Å². The second-order valence-corrected chi connectivity index (χ2v) is 8.52. The summed E-state index contributed by atoms with van der Waals surface area (Å²) in [6.45, 7) is 2.09. The van der Waals surface area contributed by atoms with Crippen LogP contribution in [0.2, 0.25) is 0 Å². The lowest BCUT2D eigenvalue weighted by Gasteiger charge is -2.16. The topological polar surface area (TPSA) is 83.1 Å². The Morgan fingerprint density at radius 2 is 1.59 bits per heavy atom. The molecule has 0 aliphatic carbocycles. The van der Waals surface area contributed by atoms with E-state index < -0.39 is 11.7 Å². The van der Waals surface area contributed by atoms with E-state index in [4.69, 9.17) is 0 Å². The predicted molar refractivity (Wildman–Crippen MR) is 134 cm³/mol. The third-order valence-electron chi connectivity index (χ3n) is 5.08. The van der Waals surface area contributed by atoms with Crippen molar-refractivity contribution in [2.24, 2.45) is 0 Å². The second-order valence-electron chi connectivity index (χ2n) is 7.66. The van der Waals surface area contributed by atoms with Gasteiger partial charge in [-0.2, -0.15) is 0 Å². The Morgan fingerprint density at radius 3 is 2.32 bits per heavy atom. The first-order valence-corrected chi connectivity index (χ1v) is 11.6. The fraction of sp³-hybridized carbons (Fsp3) is 0.115. The molecule has 34 heavy (non-hydrogen) atoms. The van der Waals surface area contributed by atoms with Crippen LogP contribution in [0.4, 0.5) is 20.9 Å². The van der Waals surface area contributed by atoms with Gasteiger partial charge in [0.1, 0.15) is 5.82 Å². The number of halogens is 1. The van der Waals surface area contributed by atoms with Gasteiger partial charge in [0.05, 0.1) is 17.7 Å². The largest absolute Gasteiger partial charge is 0.379 e. The van der Waals surface area contributed by atoms with Gasteiger partial charge < -0.3 is 10.6 Å². The van der Waals surface area contributed by atoms with Crippen molar-refractivity contribution in [2.75, 3.05) is 16.0 Å². The summed E-state index contributed by atoms with van der Waals surface area (Å²) in [4.78, 5) is 28.9. The minimum atomic E-state index is -0.605. The summed E-state index contributed by atoms with van der Waals surface area (Å²) in [7, 11) is 0. The van der Waals surface area contributed by atoms with Crippen LogP contribution >= 0.6 is 11.3 Å². The van der Waals surface area contributed by atoms with Crippen LogP contribution in [0.15, 0.2) is 84.2 Å². The molecule has 0 radical (unpaired) electrons. The van der Waals surface area contributed by atoms with Gasteiger partial charge in [0.2, 0.25) is 5.91 Å². The second kappa shape index (κ2) is 10.7. The van der Waals surface area contributed by atoms with Gasteiger partial charge in [-0.1, -0.05) is 42.5 Å². The summed E-state index contributed by atoms with van der Waals surface area (Å²) < 4.78 is 13.8. The van der Waals surface area contributed by atoms with Crippen molar-refractivity contribution in [3.8, 4) is 0 Å². The van der Waals surface area contributed by atoms with Crippen LogP contribution in [-0.2, 0) is 11.2 Å². The highest BCUT2D eigenvalue weighted by Crippen LogP contribution is 2.21. The van der Waals surface area contributed by atoms with Gasteiger partial charge in [0, 0.05) is 22.8 Å². The molecule has 1 atom stereocenters. The third-order valence-corrected chi connectivity index (χ3v) is 5.89. The third kappa shape index (κ3) is 6.05. The summed E-state index contributed by atoms with van der Waals surface area (Å²) in [5.74, 6) is -1.42. The van der Waals surface area contributed by atoms with Crippen molar-refractivity contribution in [2.45, 2.75) is 19.4 Å². The van der Waals surface area contributed by atoms with Gasteiger partial charge >= 0.3 is 0 Å². The summed E-state index contributed by atoms with van der Waals surface area (Å²) in [6.07, 6.45) is 0.0527. The van der Waals surface area contributed by atoms with Gasteiger partial charge in [-0.15, -0.1) is 11.3 Å². The Kier molecular flexibility index (Phi) is 7.29. The van der Waals surface area contributed by atoms with Crippen LogP contribution in [0.5, 0.6) is 0 Å². The van der Waals surface area contributed by atoms with E-state index in [1.54, 1.807) is 11.4 Å². The number of thiazole rings is 1. The van der Waals surface area contributed by atoms with Gasteiger partial charge in [-0.3, -0.25) is 14.9 Å². The summed E-state index contributed by atoms with van der Waals surface area (Å²) in [5, 5.41) is 10.8. The van der Waals surface area contributed by atoms with Crippen LogP contribution in [-0.4, -0.2) is 16.8 Å². The van der Waals surface area contributed by atoms with Crippen LogP contribution in [0.1, 0.15) is 34.6 Å². The molecule has 0 bridgehead atoms. The molecule has 0 saturated heterocycles. The number of hydrogen-bond donors (Lipinski definition) is 3. The van der Waals surface area contributed by atoms with Crippen LogP contribution < -0.4 is 16.0 Å². The van der Waals surface area contributed by atoms with Crippen molar-refractivity contribution < 1.29 is 14.0 Å². The average molecular weight is 475 g/mol. The van der Waals surface area contributed by atoms with Crippen molar-refractivity contribution in [3.05, 3.63) is 107 Å². The fourth-order valence-corrected chi connectivity index (χ4v) is 4.06. The quantitative estimate of drug-likeness (QED) is 0.297. The Morgan fingerprint density at radius 1 is 0.912 bits per heavy atom. The SMILES string of the molecule is CC(Nc1ccc(NC(=O)Cc2csc(NC(=O)c3ccccc3F)n2)cc1)c1ccccc1. The zero-order chi connectivity index (χ0) is 23.9. The maximum Gasteiger partial charge on any atom is 0.260 e. The molecule has 2 amide bonds. The lowest BCUT2D eigenvalue weighted by molar-refractivity contribution is -0.115. The highest BCUT2D eigenvalue weighted by atomic mass is 32.1. The highest BCUT2D eigenvalue weighted by Gasteiger charge is 2.14. The van der Waals surface area contributed by atoms with Gasteiger partial charge in [-0.05, 0) is 48.9 Å². The molecule has 0 saturated carbocycles. The molecule has 3 N–H and O–H groups in total. The Balaban J connectivity index is 1.29. The number of aromatic nitrogens is 1. The standard InChI is InChI=1S/C26H23FN4O2S/c1-17(18-7-3-2-4-8-18)28-19-11-13-20(14-12-19)29-24(32)15-21-16-34-26(30-21)31-25(33)22-9-5-6-10-23(22)27/h2-14,16-17,28H,15H2,1H3,(H,29,32)(H,30,31,33). The number of amides is 2. The maximum absolute atomic E-state index is 13.8. The zero-order valence-corrected chi connectivity index (χ0v) is 19.2. The number of carbonyl (C=O) groups excluding carboxylic acids is 2.